The molecule has 0 aromatic carbocycles. The minimum atomic E-state index is -2.88. The smallest absolute Gasteiger partial charge is 0.251 e. The van der Waals surface area contributed by atoms with Gasteiger partial charge in [0.25, 0.3) is 6.43 Å². The molecule has 0 radical (unpaired) electrons. The Bertz CT molecular complexity index is 373. The van der Waals surface area contributed by atoms with Crippen LogP contribution in [0.5, 0.6) is 0 Å². The number of pyridine rings is 1. The van der Waals surface area contributed by atoms with Gasteiger partial charge in [0, 0.05) is 0 Å². The van der Waals surface area contributed by atoms with E-state index in [-0.39, 0.29) is 4.47 Å². The third-order valence-corrected chi connectivity index (χ3v) is 2.10. The van der Waals surface area contributed by atoms with E-state index in [4.69, 9.17) is 5.26 Å². The molecule has 0 unspecified atom stereocenters. The molecule has 0 saturated carbocycles. The normalized spacial score (nSPS) is 10.2. The van der Waals surface area contributed by atoms with Gasteiger partial charge in [0.2, 0.25) is 0 Å². The van der Waals surface area contributed by atoms with Crippen molar-refractivity contribution >= 4 is 15.9 Å². The molecule has 6 heteroatoms. The maximum absolute atomic E-state index is 12.7. The van der Waals surface area contributed by atoms with Gasteiger partial charge in [-0.05, 0) is 15.9 Å². The molecular weight excluding hydrogens is 249 g/mol. The third-order valence-electron chi connectivity index (χ3n) is 1.32. The summed E-state index contributed by atoms with van der Waals surface area (Å²) >= 11 is 2.69. The van der Waals surface area contributed by atoms with Gasteiger partial charge >= 0.3 is 0 Å². The fraction of sp³-hybridized carbons (Fsp3) is 0.143. The molecule has 1 aromatic heterocycles. The Kier molecular flexibility index (Phi) is 2.88. The van der Waals surface area contributed by atoms with E-state index in [2.05, 4.69) is 20.9 Å². The summed E-state index contributed by atoms with van der Waals surface area (Å²) in [7, 11) is 0. The highest BCUT2D eigenvalue weighted by molar-refractivity contribution is 9.10. The van der Waals surface area contributed by atoms with Crippen LogP contribution in [0.3, 0.4) is 0 Å². The van der Waals surface area contributed by atoms with Crippen LogP contribution in [0.4, 0.5) is 13.2 Å². The first-order chi connectivity index (χ1) is 6.07. The Morgan fingerprint density at radius 3 is 2.62 bits per heavy atom. The summed E-state index contributed by atoms with van der Waals surface area (Å²) in [6, 6.07) is 1.46. The van der Waals surface area contributed by atoms with Crippen LogP contribution in [0.1, 0.15) is 17.7 Å². The Balaban J connectivity index is 3.41. The van der Waals surface area contributed by atoms with Crippen molar-refractivity contribution in [1.82, 2.24) is 4.98 Å². The number of nitriles is 1. The fourth-order valence-corrected chi connectivity index (χ4v) is 1.15. The van der Waals surface area contributed by atoms with E-state index >= 15 is 0 Å². The summed E-state index contributed by atoms with van der Waals surface area (Å²) < 4.78 is 36.8. The van der Waals surface area contributed by atoms with Gasteiger partial charge in [0.05, 0.1) is 16.2 Å². The highest BCUT2D eigenvalue weighted by atomic mass is 79.9. The molecule has 0 aliphatic heterocycles. The standard InChI is InChI=1S/C7H2BrF3N2/c8-5-3(1-12)6(7(10)11)13-2-4(5)9/h2,7H. The molecule has 0 saturated heterocycles. The predicted molar refractivity (Wildman–Crippen MR) is 41.6 cm³/mol. The molecule has 13 heavy (non-hydrogen) atoms. The van der Waals surface area contributed by atoms with Crippen LogP contribution in [-0.4, -0.2) is 4.98 Å². The number of halogens is 4. The van der Waals surface area contributed by atoms with Crippen molar-refractivity contribution < 1.29 is 13.2 Å². The zero-order chi connectivity index (χ0) is 10.0. The van der Waals surface area contributed by atoms with Gasteiger partial charge in [0.1, 0.15) is 11.8 Å². The lowest BCUT2D eigenvalue weighted by atomic mass is 10.2. The van der Waals surface area contributed by atoms with Crippen molar-refractivity contribution in [3.8, 4) is 6.07 Å². The van der Waals surface area contributed by atoms with Crippen LogP contribution < -0.4 is 0 Å². The molecule has 0 aliphatic carbocycles. The fourth-order valence-electron chi connectivity index (χ4n) is 0.751. The first-order valence-electron chi connectivity index (χ1n) is 3.10. The van der Waals surface area contributed by atoms with Gasteiger partial charge in [0.15, 0.2) is 5.82 Å². The van der Waals surface area contributed by atoms with Crippen LogP contribution in [-0.2, 0) is 0 Å². The van der Waals surface area contributed by atoms with Crippen molar-refractivity contribution in [3.05, 3.63) is 27.7 Å². The number of rotatable bonds is 1. The van der Waals surface area contributed by atoms with Gasteiger partial charge < -0.3 is 0 Å². The SMILES string of the molecule is N#Cc1c(C(F)F)ncc(F)c1Br. The number of hydrogen-bond acceptors (Lipinski definition) is 2. The highest BCUT2D eigenvalue weighted by Gasteiger charge is 2.19. The van der Waals surface area contributed by atoms with Crippen molar-refractivity contribution in [3.63, 3.8) is 0 Å². The summed E-state index contributed by atoms with van der Waals surface area (Å²) in [4.78, 5) is 3.13. The van der Waals surface area contributed by atoms with E-state index in [9.17, 15) is 13.2 Å². The van der Waals surface area contributed by atoms with Gasteiger partial charge in [-0.15, -0.1) is 0 Å². The Labute approximate surface area is 80.1 Å². The zero-order valence-electron chi connectivity index (χ0n) is 6.06. The van der Waals surface area contributed by atoms with E-state index in [0.29, 0.717) is 6.20 Å². The maximum Gasteiger partial charge on any atom is 0.281 e. The summed E-state index contributed by atoms with van der Waals surface area (Å²) in [5.41, 5.74) is -1.18. The molecule has 0 spiro atoms. The molecule has 1 aromatic rings. The summed E-state index contributed by atoms with van der Waals surface area (Å²) in [6.07, 6.45) is -2.24. The van der Waals surface area contributed by atoms with E-state index < -0.39 is 23.5 Å². The predicted octanol–water partition coefficient (Wildman–Crippen LogP) is 2.79. The van der Waals surface area contributed by atoms with E-state index in [0.717, 1.165) is 0 Å². The minimum absolute atomic E-state index is 0.277. The quantitative estimate of drug-likeness (QED) is 0.769. The topological polar surface area (TPSA) is 36.7 Å². The molecule has 68 valence electrons. The number of alkyl halides is 2. The van der Waals surface area contributed by atoms with E-state index in [1.165, 1.54) is 6.07 Å². The number of hydrogen-bond donors (Lipinski definition) is 0. The molecule has 1 heterocycles. The minimum Gasteiger partial charge on any atom is -0.251 e. The van der Waals surface area contributed by atoms with Gasteiger partial charge in [-0.3, -0.25) is 4.98 Å². The van der Waals surface area contributed by atoms with Crippen LogP contribution in [0.25, 0.3) is 0 Å². The van der Waals surface area contributed by atoms with Crippen LogP contribution >= 0.6 is 15.9 Å². The Hall–Kier alpha value is -1.09. The molecule has 0 fully saturated rings. The van der Waals surface area contributed by atoms with Gasteiger partial charge in [-0.1, -0.05) is 0 Å². The molecule has 1 rings (SSSR count). The van der Waals surface area contributed by atoms with Crippen molar-refractivity contribution in [2.75, 3.05) is 0 Å². The van der Waals surface area contributed by atoms with Crippen LogP contribution in [0, 0.1) is 17.1 Å². The van der Waals surface area contributed by atoms with Crippen LogP contribution in [0.15, 0.2) is 10.7 Å². The average molecular weight is 251 g/mol. The summed E-state index contributed by atoms with van der Waals surface area (Å²) in [6.45, 7) is 0. The molecule has 2 nitrogen and oxygen atoms in total. The van der Waals surface area contributed by atoms with Crippen LogP contribution in [0.2, 0.25) is 0 Å². The zero-order valence-corrected chi connectivity index (χ0v) is 7.65. The Morgan fingerprint density at radius 1 is 1.54 bits per heavy atom. The lowest BCUT2D eigenvalue weighted by molar-refractivity contribution is 0.145. The Morgan fingerprint density at radius 2 is 2.15 bits per heavy atom. The largest absolute Gasteiger partial charge is 0.281 e. The van der Waals surface area contributed by atoms with Gasteiger partial charge in [-0.25, -0.2) is 13.2 Å². The third kappa shape index (κ3) is 1.80. The molecule has 0 atom stereocenters. The molecule has 0 amide bonds. The van der Waals surface area contributed by atoms with Crippen molar-refractivity contribution in [2.24, 2.45) is 0 Å². The number of nitrogens with zero attached hydrogens (tertiary/aromatic N) is 2. The van der Waals surface area contributed by atoms with E-state index in [1.54, 1.807) is 0 Å². The first-order valence-corrected chi connectivity index (χ1v) is 3.89. The number of aromatic nitrogens is 1. The molecule has 0 N–H and O–H groups in total. The summed E-state index contributed by atoms with van der Waals surface area (Å²) in [5, 5.41) is 8.45. The second-order valence-corrected chi connectivity index (χ2v) is 2.89. The second kappa shape index (κ2) is 3.75. The second-order valence-electron chi connectivity index (χ2n) is 2.09. The monoisotopic (exact) mass is 250 g/mol. The first kappa shape index (κ1) is 9.99. The van der Waals surface area contributed by atoms with Crippen molar-refractivity contribution in [1.29, 1.82) is 5.26 Å². The average Bonchev–Trinajstić information content (AvgIpc) is 2.09. The lowest BCUT2D eigenvalue weighted by Gasteiger charge is -2.03. The van der Waals surface area contributed by atoms with E-state index in [1.807, 2.05) is 0 Å². The highest BCUT2D eigenvalue weighted by Crippen LogP contribution is 2.27. The summed E-state index contributed by atoms with van der Waals surface area (Å²) in [5.74, 6) is -0.832. The lowest BCUT2D eigenvalue weighted by Crippen LogP contribution is -1.98. The van der Waals surface area contributed by atoms with Crippen molar-refractivity contribution in [2.45, 2.75) is 6.43 Å². The maximum atomic E-state index is 12.7. The molecule has 0 bridgehead atoms. The molecular formula is C7H2BrF3N2. The molecule has 0 aliphatic rings. The van der Waals surface area contributed by atoms with Gasteiger partial charge in [-0.2, -0.15) is 5.26 Å².